The Morgan fingerprint density at radius 3 is 2.22 bits per heavy atom. The maximum atomic E-state index is 12.5. The lowest BCUT2D eigenvalue weighted by molar-refractivity contribution is 0.0535. The molecule has 1 aliphatic heterocycles. The first kappa shape index (κ1) is 15.6. The van der Waals surface area contributed by atoms with Gasteiger partial charge in [0, 0.05) is 37.1 Å². The standard InChI is InChI=1S/C17H18N2O3S/c1-22-15-4-2-3-13(11-15)16(20)18-6-8-19(9-7-18)17(21)14-5-10-23-12-14/h2-5,10-12H,6-9H2,1H3. The van der Waals surface area contributed by atoms with Gasteiger partial charge in [0.15, 0.2) is 0 Å². The highest BCUT2D eigenvalue weighted by Crippen LogP contribution is 2.17. The lowest BCUT2D eigenvalue weighted by atomic mass is 10.1. The second kappa shape index (κ2) is 6.83. The molecule has 1 aromatic carbocycles. The number of thiophene rings is 1. The highest BCUT2D eigenvalue weighted by molar-refractivity contribution is 7.08. The highest BCUT2D eigenvalue weighted by Gasteiger charge is 2.25. The molecule has 0 aliphatic carbocycles. The molecule has 1 aliphatic rings. The quantitative estimate of drug-likeness (QED) is 0.868. The normalized spacial score (nSPS) is 14.7. The summed E-state index contributed by atoms with van der Waals surface area (Å²) in [5, 5.41) is 3.76. The molecular formula is C17H18N2O3S. The maximum absolute atomic E-state index is 12.5. The number of methoxy groups -OCH3 is 1. The van der Waals surface area contributed by atoms with Crippen molar-refractivity contribution in [3.63, 3.8) is 0 Å². The summed E-state index contributed by atoms with van der Waals surface area (Å²) in [7, 11) is 1.58. The third-order valence-corrected chi connectivity index (χ3v) is 4.62. The molecule has 2 aromatic rings. The van der Waals surface area contributed by atoms with Crippen molar-refractivity contribution < 1.29 is 14.3 Å². The van der Waals surface area contributed by atoms with E-state index < -0.39 is 0 Å². The first-order valence-electron chi connectivity index (χ1n) is 7.44. The van der Waals surface area contributed by atoms with E-state index in [0.29, 0.717) is 37.5 Å². The fourth-order valence-corrected chi connectivity index (χ4v) is 3.25. The van der Waals surface area contributed by atoms with E-state index >= 15 is 0 Å². The van der Waals surface area contributed by atoms with Crippen LogP contribution in [0.2, 0.25) is 0 Å². The minimum atomic E-state index is -0.0217. The Morgan fingerprint density at radius 2 is 1.65 bits per heavy atom. The number of hydrogen-bond donors (Lipinski definition) is 0. The second-order valence-corrected chi connectivity index (χ2v) is 6.11. The van der Waals surface area contributed by atoms with Crippen LogP contribution in [0.5, 0.6) is 5.75 Å². The summed E-state index contributed by atoms with van der Waals surface area (Å²) in [5.74, 6) is 0.688. The molecule has 0 N–H and O–H groups in total. The summed E-state index contributed by atoms with van der Waals surface area (Å²) in [6, 6.07) is 8.98. The molecule has 0 spiro atoms. The number of benzene rings is 1. The van der Waals surface area contributed by atoms with Gasteiger partial charge in [0.1, 0.15) is 5.75 Å². The first-order valence-corrected chi connectivity index (χ1v) is 8.38. The molecule has 0 radical (unpaired) electrons. The van der Waals surface area contributed by atoms with Crippen LogP contribution in [0.4, 0.5) is 0 Å². The van der Waals surface area contributed by atoms with E-state index in [9.17, 15) is 9.59 Å². The monoisotopic (exact) mass is 330 g/mol. The van der Waals surface area contributed by atoms with Gasteiger partial charge in [-0.3, -0.25) is 9.59 Å². The van der Waals surface area contributed by atoms with Crippen molar-refractivity contribution in [1.29, 1.82) is 0 Å². The molecule has 2 amide bonds. The lowest BCUT2D eigenvalue weighted by Gasteiger charge is -2.34. The summed E-state index contributed by atoms with van der Waals surface area (Å²) in [6.07, 6.45) is 0. The van der Waals surface area contributed by atoms with Crippen molar-refractivity contribution in [2.24, 2.45) is 0 Å². The highest BCUT2D eigenvalue weighted by atomic mass is 32.1. The summed E-state index contributed by atoms with van der Waals surface area (Å²) in [5.41, 5.74) is 1.34. The van der Waals surface area contributed by atoms with Gasteiger partial charge in [-0.25, -0.2) is 0 Å². The minimum Gasteiger partial charge on any atom is -0.497 e. The van der Waals surface area contributed by atoms with Crippen LogP contribution in [-0.4, -0.2) is 54.9 Å². The zero-order valence-corrected chi connectivity index (χ0v) is 13.7. The van der Waals surface area contributed by atoms with Gasteiger partial charge in [0.2, 0.25) is 0 Å². The number of rotatable bonds is 3. The average molecular weight is 330 g/mol. The van der Waals surface area contributed by atoms with Crippen LogP contribution in [-0.2, 0) is 0 Å². The number of ether oxygens (including phenoxy) is 1. The Hall–Kier alpha value is -2.34. The molecule has 0 atom stereocenters. The van der Waals surface area contributed by atoms with E-state index in [4.69, 9.17) is 4.74 Å². The molecule has 6 heteroatoms. The van der Waals surface area contributed by atoms with Crippen molar-refractivity contribution in [3.05, 3.63) is 52.2 Å². The first-order chi connectivity index (χ1) is 11.2. The molecule has 23 heavy (non-hydrogen) atoms. The summed E-state index contributed by atoms with van der Waals surface area (Å²) in [4.78, 5) is 28.4. The minimum absolute atomic E-state index is 0.0217. The molecule has 1 saturated heterocycles. The summed E-state index contributed by atoms with van der Waals surface area (Å²) in [6.45, 7) is 2.21. The summed E-state index contributed by atoms with van der Waals surface area (Å²) >= 11 is 1.51. The molecule has 1 aromatic heterocycles. The molecule has 0 bridgehead atoms. The smallest absolute Gasteiger partial charge is 0.254 e. The van der Waals surface area contributed by atoms with Crippen LogP contribution in [0, 0.1) is 0 Å². The molecule has 0 saturated carbocycles. The molecule has 3 rings (SSSR count). The molecule has 1 fully saturated rings. The van der Waals surface area contributed by atoms with Gasteiger partial charge < -0.3 is 14.5 Å². The van der Waals surface area contributed by atoms with E-state index in [0.717, 1.165) is 5.56 Å². The fourth-order valence-electron chi connectivity index (χ4n) is 2.62. The zero-order valence-electron chi connectivity index (χ0n) is 12.9. The average Bonchev–Trinajstić information content (AvgIpc) is 3.15. The topological polar surface area (TPSA) is 49.9 Å². The van der Waals surface area contributed by atoms with E-state index in [1.807, 2.05) is 29.0 Å². The van der Waals surface area contributed by atoms with Crippen molar-refractivity contribution in [2.45, 2.75) is 0 Å². The van der Waals surface area contributed by atoms with Gasteiger partial charge in [-0.1, -0.05) is 6.07 Å². The molecule has 120 valence electrons. The molecule has 5 nitrogen and oxygen atoms in total. The zero-order chi connectivity index (χ0) is 16.2. The van der Waals surface area contributed by atoms with Crippen LogP contribution in [0.3, 0.4) is 0 Å². The van der Waals surface area contributed by atoms with Gasteiger partial charge in [-0.2, -0.15) is 11.3 Å². The fraction of sp³-hybridized carbons (Fsp3) is 0.294. The number of amides is 2. The number of carbonyl (C=O) groups excluding carboxylic acids is 2. The predicted octanol–water partition coefficient (Wildman–Crippen LogP) is 2.35. The number of nitrogens with zero attached hydrogens (tertiary/aromatic N) is 2. The molecular weight excluding hydrogens is 312 g/mol. The largest absolute Gasteiger partial charge is 0.497 e. The predicted molar refractivity (Wildman–Crippen MR) is 89.1 cm³/mol. The van der Waals surface area contributed by atoms with Crippen LogP contribution in [0.25, 0.3) is 0 Å². The van der Waals surface area contributed by atoms with Gasteiger partial charge in [-0.15, -0.1) is 0 Å². The number of hydrogen-bond acceptors (Lipinski definition) is 4. The summed E-state index contributed by atoms with van der Waals surface area (Å²) < 4.78 is 5.16. The van der Waals surface area contributed by atoms with Crippen molar-refractivity contribution in [3.8, 4) is 5.75 Å². The van der Waals surface area contributed by atoms with Crippen molar-refractivity contribution in [2.75, 3.05) is 33.3 Å². The number of carbonyl (C=O) groups is 2. The van der Waals surface area contributed by atoms with Gasteiger partial charge in [-0.05, 0) is 29.6 Å². The molecule has 0 unspecified atom stereocenters. The lowest BCUT2D eigenvalue weighted by Crippen LogP contribution is -2.50. The van der Waals surface area contributed by atoms with Crippen molar-refractivity contribution >= 4 is 23.2 Å². The van der Waals surface area contributed by atoms with E-state index in [2.05, 4.69) is 0 Å². The Morgan fingerprint density at radius 1 is 1.00 bits per heavy atom. The Balaban J connectivity index is 1.62. The van der Waals surface area contributed by atoms with E-state index in [-0.39, 0.29) is 11.8 Å². The van der Waals surface area contributed by atoms with Crippen LogP contribution in [0.1, 0.15) is 20.7 Å². The second-order valence-electron chi connectivity index (χ2n) is 5.33. The van der Waals surface area contributed by atoms with Gasteiger partial charge in [0.25, 0.3) is 11.8 Å². The Labute approximate surface area is 139 Å². The third-order valence-electron chi connectivity index (χ3n) is 3.94. The van der Waals surface area contributed by atoms with Crippen LogP contribution in [0.15, 0.2) is 41.1 Å². The van der Waals surface area contributed by atoms with Crippen LogP contribution >= 0.6 is 11.3 Å². The van der Waals surface area contributed by atoms with Gasteiger partial charge >= 0.3 is 0 Å². The van der Waals surface area contributed by atoms with Gasteiger partial charge in [0.05, 0.1) is 12.7 Å². The van der Waals surface area contributed by atoms with Crippen LogP contribution < -0.4 is 4.74 Å². The Kier molecular flexibility index (Phi) is 4.62. The number of piperazine rings is 1. The maximum Gasteiger partial charge on any atom is 0.254 e. The third kappa shape index (κ3) is 3.37. The van der Waals surface area contributed by atoms with Crippen molar-refractivity contribution in [1.82, 2.24) is 9.80 Å². The van der Waals surface area contributed by atoms with E-state index in [1.54, 1.807) is 29.0 Å². The SMILES string of the molecule is COc1cccc(C(=O)N2CCN(C(=O)c3ccsc3)CC2)c1. The van der Waals surface area contributed by atoms with E-state index in [1.165, 1.54) is 11.3 Å². The Bertz CT molecular complexity index is 692. The molecule has 2 heterocycles.